The van der Waals surface area contributed by atoms with Crippen molar-refractivity contribution in [1.82, 2.24) is 4.98 Å². The number of carbonyl (C=O) groups is 1. The zero-order chi connectivity index (χ0) is 15.5. The average Bonchev–Trinajstić information content (AvgIpc) is 2.25. The van der Waals surface area contributed by atoms with Gasteiger partial charge in [-0.25, -0.2) is 13.8 Å². The van der Waals surface area contributed by atoms with Crippen molar-refractivity contribution in [2.45, 2.75) is 25.8 Å². The third-order valence-corrected chi connectivity index (χ3v) is 2.14. The number of pyridine rings is 1. The van der Waals surface area contributed by atoms with Gasteiger partial charge in [-0.1, -0.05) is 0 Å². The van der Waals surface area contributed by atoms with Crippen LogP contribution in [-0.4, -0.2) is 22.4 Å². The van der Waals surface area contributed by atoms with Gasteiger partial charge in [0.1, 0.15) is 5.69 Å². The van der Waals surface area contributed by atoms with Crippen LogP contribution in [0.25, 0.3) is 0 Å². The van der Waals surface area contributed by atoms with E-state index in [0.717, 1.165) is 0 Å². The first-order chi connectivity index (χ1) is 9.14. The second-order valence-electron chi connectivity index (χ2n) is 3.60. The summed E-state index contributed by atoms with van der Waals surface area (Å²) < 4.78 is 65.5. The van der Waals surface area contributed by atoms with Crippen molar-refractivity contribution in [3.63, 3.8) is 0 Å². The van der Waals surface area contributed by atoms with Gasteiger partial charge in [0.05, 0.1) is 12.1 Å². The predicted octanol–water partition coefficient (Wildman–Crippen LogP) is 2.00. The van der Waals surface area contributed by atoms with E-state index in [2.05, 4.69) is 9.72 Å². The molecule has 0 radical (unpaired) electrons. The lowest BCUT2D eigenvalue weighted by Crippen LogP contribution is -2.20. The molecule has 0 aromatic carbocycles. The number of carboxylic acids is 1. The Bertz CT molecular complexity index is 504. The minimum atomic E-state index is -5.07. The Morgan fingerprint density at radius 1 is 1.45 bits per heavy atom. The standard InChI is InChI=1S/C10H9F5N2O3/c11-9(12)8-4(2-7(18)19)1-6(5(3-16)17-8)20-10(13,14)15/h1,9H,2-3,16H2,(H,18,19). The lowest BCUT2D eigenvalue weighted by molar-refractivity contribution is -0.275. The van der Waals surface area contributed by atoms with Crippen molar-refractivity contribution in [1.29, 1.82) is 0 Å². The second kappa shape index (κ2) is 5.99. The van der Waals surface area contributed by atoms with Crippen LogP contribution in [-0.2, 0) is 17.8 Å². The molecule has 0 amide bonds. The van der Waals surface area contributed by atoms with Gasteiger partial charge in [0, 0.05) is 6.54 Å². The molecule has 10 heteroatoms. The molecule has 0 saturated carbocycles. The molecule has 1 heterocycles. The van der Waals surface area contributed by atoms with E-state index < -0.39 is 54.4 Å². The molecule has 112 valence electrons. The van der Waals surface area contributed by atoms with Crippen molar-refractivity contribution < 1.29 is 36.6 Å². The van der Waals surface area contributed by atoms with Crippen molar-refractivity contribution in [3.05, 3.63) is 23.0 Å². The van der Waals surface area contributed by atoms with Gasteiger partial charge in [-0.2, -0.15) is 0 Å². The van der Waals surface area contributed by atoms with Crippen molar-refractivity contribution >= 4 is 5.97 Å². The molecular weight excluding hydrogens is 291 g/mol. The molecule has 0 spiro atoms. The monoisotopic (exact) mass is 300 g/mol. The van der Waals surface area contributed by atoms with E-state index in [0.29, 0.717) is 6.07 Å². The molecule has 20 heavy (non-hydrogen) atoms. The summed E-state index contributed by atoms with van der Waals surface area (Å²) in [6, 6.07) is 0.568. The molecular formula is C10H9F5N2O3. The van der Waals surface area contributed by atoms with Crippen molar-refractivity contribution in [2.75, 3.05) is 0 Å². The van der Waals surface area contributed by atoms with Crippen LogP contribution >= 0.6 is 0 Å². The third-order valence-electron chi connectivity index (χ3n) is 2.14. The van der Waals surface area contributed by atoms with Gasteiger partial charge in [-0.3, -0.25) is 4.79 Å². The number of rotatable bonds is 5. The topological polar surface area (TPSA) is 85.4 Å². The molecule has 0 fully saturated rings. The number of nitrogens with zero attached hydrogens (tertiary/aromatic N) is 1. The van der Waals surface area contributed by atoms with Crippen LogP contribution in [0.4, 0.5) is 22.0 Å². The Kier molecular flexibility index (Phi) is 4.82. The number of aromatic nitrogens is 1. The van der Waals surface area contributed by atoms with Crippen molar-refractivity contribution in [2.24, 2.45) is 5.73 Å². The van der Waals surface area contributed by atoms with Gasteiger partial charge in [-0.15, -0.1) is 13.2 Å². The quantitative estimate of drug-likeness (QED) is 0.812. The summed E-state index contributed by atoms with van der Waals surface area (Å²) in [4.78, 5) is 13.8. The molecule has 0 aliphatic heterocycles. The number of hydrogen-bond donors (Lipinski definition) is 2. The van der Waals surface area contributed by atoms with E-state index in [4.69, 9.17) is 10.8 Å². The molecule has 5 nitrogen and oxygen atoms in total. The Balaban J connectivity index is 3.33. The third kappa shape index (κ3) is 4.30. The van der Waals surface area contributed by atoms with E-state index in [1.165, 1.54) is 0 Å². The summed E-state index contributed by atoms with van der Waals surface area (Å²) in [5.74, 6) is -2.38. The lowest BCUT2D eigenvalue weighted by Gasteiger charge is -2.15. The largest absolute Gasteiger partial charge is 0.573 e. The number of aliphatic carboxylic acids is 1. The van der Waals surface area contributed by atoms with E-state index >= 15 is 0 Å². The molecule has 0 unspecified atom stereocenters. The highest BCUT2D eigenvalue weighted by molar-refractivity contribution is 5.70. The summed E-state index contributed by atoms with van der Waals surface area (Å²) in [5, 5.41) is 8.56. The van der Waals surface area contributed by atoms with Crippen LogP contribution < -0.4 is 10.5 Å². The highest BCUT2D eigenvalue weighted by Gasteiger charge is 2.33. The maximum atomic E-state index is 12.7. The normalized spacial score (nSPS) is 11.8. The molecule has 1 aromatic heterocycles. The van der Waals surface area contributed by atoms with Gasteiger partial charge in [0.2, 0.25) is 0 Å². The van der Waals surface area contributed by atoms with Crippen LogP contribution in [0.2, 0.25) is 0 Å². The fourth-order valence-corrected chi connectivity index (χ4v) is 1.44. The smallest absolute Gasteiger partial charge is 0.481 e. The Morgan fingerprint density at radius 3 is 2.45 bits per heavy atom. The van der Waals surface area contributed by atoms with Gasteiger partial charge >= 0.3 is 12.3 Å². The van der Waals surface area contributed by atoms with Crippen LogP contribution in [0.15, 0.2) is 6.07 Å². The van der Waals surface area contributed by atoms with Crippen LogP contribution in [0.1, 0.15) is 23.4 Å². The summed E-state index contributed by atoms with van der Waals surface area (Å²) in [6.45, 7) is -0.571. The molecule has 0 bridgehead atoms. The summed E-state index contributed by atoms with van der Waals surface area (Å²) in [5.41, 5.74) is 3.09. The highest BCUT2D eigenvalue weighted by Crippen LogP contribution is 2.31. The van der Waals surface area contributed by atoms with E-state index in [1.807, 2.05) is 0 Å². The number of nitrogens with two attached hydrogens (primary N) is 1. The first kappa shape index (κ1) is 16.1. The fraction of sp³-hybridized carbons (Fsp3) is 0.400. The van der Waals surface area contributed by atoms with Crippen LogP contribution in [0.3, 0.4) is 0 Å². The van der Waals surface area contributed by atoms with E-state index in [9.17, 15) is 26.7 Å². The highest BCUT2D eigenvalue weighted by atomic mass is 19.4. The zero-order valence-corrected chi connectivity index (χ0v) is 9.75. The molecule has 1 rings (SSSR count). The van der Waals surface area contributed by atoms with Gasteiger partial charge in [0.15, 0.2) is 5.75 Å². The number of ether oxygens (including phenoxy) is 1. The molecule has 0 aliphatic carbocycles. The van der Waals surface area contributed by atoms with Crippen molar-refractivity contribution in [3.8, 4) is 5.75 Å². The Hall–Kier alpha value is -1.97. The summed E-state index contributed by atoms with van der Waals surface area (Å²) in [7, 11) is 0. The second-order valence-corrected chi connectivity index (χ2v) is 3.60. The van der Waals surface area contributed by atoms with E-state index in [1.54, 1.807) is 0 Å². The molecule has 0 aliphatic rings. The maximum absolute atomic E-state index is 12.7. The minimum Gasteiger partial charge on any atom is -0.481 e. The fourth-order valence-electron chi connectivity index (χ4n) is 1.44. The minimum absolute atomic E-state index is 0.535. The van der Waals surface area contributed by atoms with E-state index in [-0.39, 0.29) is 0 Å². The predicted molar refractivity (Wildman–Crippen MR) is 55.1 cm³/mol. The lowest BCUT2D eigenvalue weighted by atomic mass is 10.1. The number of alkyl halides is 5. The summed E-state index contributed by atoms with van der Waals surface area (Å²) in [6.07, 6.45) is -9.13. The number of carboxylic acid groups (broad SMARTS) is 1. The first-order valence-corrected chi connectivity index (χ1v) is 5.12. The molecule has 1 aromatic rings. The average molecular weight is 300 g/mol. The maximum Gasteiger partial charge on any atom is 0.573 e. The van der Waals surface area contributed by atoms with Crippen LogP contribution in [0, 0.1) is 0 Å². The first-order valence-electron chi connectivity index (χ1n) is 5.12. The summed E-state index contributed by atoms with van der Waals surface area (Å²) >= 11 is 0. The number of halogens is 5. The van der Waals surface area contributed by atoms with Gasteiger partial charge in [0.25, 0.3) is 6.43 Å². The van der Waals surface area contributed by atoms with Crippen LogP contribution in [0.5, 0.6) is 5.75 Å². The SMILES string of the molecule is NCc1nc(C(F)F)c(CC(=O)O)cc1OC(F)(F)F. The molecule has 0 saturated heterocycles. The number of hydrogen-bond acceptors (Lipinski definition) is 4. The van der Waals surface area contributed by atoms with Gasteiger partial charge in [-0.05, 0) is 11.6 Å². The van der Waals surface area contributed by atoms with Gasteiger partial charge < -0.3 is 15.6 Å². The Morgan fingerprint density at radius 2 is 2.05 bits per heavy atom. The molecule has 0 atom stereocenters. The molecule has 3 N–H and O–H groups in total. The zero-order valence-electron chi connectivity index (χ0n) is 9.75. The Labute approximate surface area is 109 Å².